The van der Waals surface area contributed by atoms with Crippen LogP contribution < -0.4 is 26.4 Å². The third kappa shape index (κ3) is 4.51. The number of aromatic nitrogens is 4. The van der Waals surface area contributed by atoms with Crippen LogP contribution in [0.4, 0.5) is 15.3 Å². The summed E-state index contributed by atoms with van der Waals surface area (Å²) in [7, 11) is 0. The van der Waals surface area contributed by atoms with Crippen molar-refractivity contribution < 1.29 is 13.9 Å². The van der Waals surface area contributed by atoms with Gasteiger partial charge in [-0.3, -0.25) is 9.55 Å². The second kappa shape index (κ2) is 10.4. The number of thiazole rings is 1. The van der Waals surface area contributed by atoms with E-state index in [1.54, 1.807) is 16.8 Å². The number of fused-ring (bicyclic) bond motifs is 3. The van der Waals surface area contributed by atoms with Crippen molar-refractivity contribution in [3.05, 3.63) is 69.6 Å². The highest BCUT2D eigenvalue weighted by Crippen LogP contribution is 2.49. The Balaban J connectivity index is 1.30. The number of hydrogen-bond acceptors (Lipinski definition) is 10. The lowest BCUT2D eigenvalue weighted by atomic mass is 9.99. The number of nitrogens with two attached hydrogens (primary N) is 1. The second-order valence-corrected chi connectivity index (χ2v) is 12.7. The first kappa shape index (κ1) is 26.8. The van der Waals surface area contributed by atoms with Crippen molar-refractivity contribution in [3.63, 3.8) is 0 Å². The van der Waals surface area contributed by atoms with Gasteiger partial charge in [0.2, 0.25) is 0 Å². The van der Waals surface area contributed by atoms with Crippen molar-refractivity contribution in [3.8, 4) is 16.9 Å². The van der Waals surface area contributed by atoms with E-state index in [1.807, 2.05) is 24.3 Å². The monoisotopic (exact) mass is 619 g/mol. The number of piperazine rings is 1. The molecule has 2 aromatic carbocycles. The summed E-state index contributed by atoms with van der Waals surface area (Å²) in [5, 5.41) is 4.99. The number of nitrogens with one attached hydrogen (secondary N) is 1. The Bertz CT molecular complexity index is 1940. The summed E-state index contributed by atoms with van der Waals surface area (Å²) in [5.74, 6) is 0.605. The zero-order chi connectivity index (χ0) is 29.2. The SMILES string of the molecule is Nc1nc2c(-c3c(Cl)cc4c(N5CC6CCC(C5)N6)nc(=O)n5c4c3OC[C@@H]5COCc3ccccn3)ccc(F)c2s1. The lowest BCUT2D eigenvalue weighted by Gasteiger charge is -2.36. The summed E-state index contributed by atoms with van der Waals surface area (Å²) >= 11 is 8.12. The van der Waals surface area contributed by atoms with Gasteiger partial charge in [-0.25, -0.2) is 14.2 Å². The molecule has 2 unspecified atom stereocenters. The molecule has 3 aliphatic rings. The number of nitrogens with zero attached hydrogens (tertiary/aromatic N) is 5. The molecule has 5 aromatic rings. The van der Waals surface area contributed by atoms with Crippen LogP contribution in [-0.2, 0) is 11.3 Å². The minimum absolute atomic E-state index is 0.153. The summed E-state index contributed by atoms with van der Waals surface area (Å²) in [4.78, 5) is 29.5. The van der Waals surface area contributed by atoms with E-state index in [-0.39, 0.29) is 24.0 Å². The summed E-state index contributed by atoms with van der Waals surface area (Å²) in [6, 6.07) is 10.7. The van der Waals surface area contributed by atoms with Gasteiger partial charge in [-0.1, -0.05) is 29.0 Å². The third-order valence-electron chi connectivity index (χ3n) is 8.47. The normalized spacial score (nSPS) is 21.1. The van der Waals surface area contributed by atoms with Crippen LogP contribution in [0.1, 0.15) is 24.6 Å². The second-order valence-electron chi connectivity index (χ2n) is 11.2. The molecule has 220 valence electrons. The lowest BCUT2D eigenvalue weighted by Crippen LogP contribution is -2.52. The molecule has 3 aliphatic heterocycles. The number of rotatable bonds is 6. The average molecular weight is 620 g/mol. The zero-order valence-corrected chi connectivity index (χ0v) is 24.5. The molecule has 2 bridgehead atoms. The number of halogens is 2. The van der Waals surface area contributed by atoms with E-state index in [0.717, 1.165) is 48.3 Å². The van der Waals surface area contributed by atoms with E-state index in [4.69, 9.17) is 26.8 Å². The molecule has 10 nitrogen and oxygen atoms in total. The lowest BCUT2D eigenvalue weighted by molar-refractivity contribution is 0.0657. The van der Waals surface area contributed by atoms with Crippen molar-refractivity contribution in [2.45, 2.75) is 37.6 Å². The van der Waals surface area contributed by atoms with Crippen LogP contribution in [0.15, 0.2) is 47.4 Å². The smallest absolute Gasteiger partial charge is 0.350 e. The Morgan fingerprint density at radius 2 is 2.02 bits per heavy atom. The van der Waals surface area contributed by atoms with Gasteiger partial charge in [-0.2, -0.15) is 4.98 Å². The van der Waals surface area contributed by atoms with Gasteiger partial charge >= 0.3 is 5.69 Å². The minimum Gasteiger partial charge on any atom is -0.488 e. The van der Waals surface area contributed by atoms with Crippen LogP contribution in [0.2, 0.25) is 5.02 Å². The van der Waals surface area contributed by atoms with Gasteiger partial charge in [0, 0.05) is 47.9 Å². The number of pyridine rings is 1. The third-order valence-corrected chi connectivity index (χ3v) is 9.66. The molecule has 13 heteroatoms. The van der Waals surface area contributed by atoms with Gasteiger partial charge in [0.15, 0.2) is 10.9 Å². The Labute approximate surface area is 254 Å². The fourth-order valence-corrected chi connectivity index (χ4v) is 7.68. The van der Waals surface area contributed by atoms with Crippen molar-refractivity contribution in [2.75, 3.05) is 36.9 Å². The van der Waals surface area contributed by atoms with Crippen LogP contribution in [0.3, 0.4) is 0 Å². The van der Waals surface area contributed by atoms with E-state index < -0.39 is 11.9 Å². The fraction of sp³-hybridized carbons (Fsp3) is 0.333. The first-order valence-corrected chi connectivity index (χ1v) is 15.4. The molecule has 2 fully saturated rings. The average Bonchev–Trinajstić information content (AvgIpc) is 3.57. The van der Waals surface area contributed by atoms with E-state index in [2.05, 4.69) is 25.2 Å². The molecular formula is C30H27ClFN7O3S. The molecule has 0 amide bonds. The number of benzene rings is 2. The van der Waals surface area contributed by atoms with E-state index in [1.165, 1.54) is 6.07 Å². The van der Waals surface area contributed by atoms with Gasteiger partial charge < -0.3 is 25.4 Å². The highest BCUT2D eigenvalue weighted by atomic mass is 35.5. The van der Waals surface area contributed by atoms with E-state index in [0.29, 0.717) is 62.1 Å². The standard InChI is InChI=1S/C30H27ClFN7O3S/c31-21-9-20-25-26(23(21)19-6-7-22(32)27-24(19)36-29(33)43-27)42-14-18(13-41-12-17-3-1-2-8-34-17)39(25)30(40)37-28(20)38-10-15-4-5-16(11-38)35-15/h1-3,6-9,15-16,18,35H,4-5,10-14H2,(H2,33,36)/t15?,16?,18-/m0/s1. The molecule has 6 heterocycles. The van der Waals surface area contributed by atoms with E-state index in [9.17, 15) is 9.18 Å². The molecule has 3 aromatic heterocycles. The molecule has 3 atom stereocenters. The maximum absolute atomic E-state index is 14.7. The Kier molecular flexibility index (Phi) is 6.48. The molecule has 2 saturated heterocycles. The summed E-state index contributed by atoms with van der Waals surface area (Å²) in [6.07, 6.45) is 3.89. The van der Waals surface area contributed by atoms with Crippen molar-refractivity contribution >= 4 is 55.0 Å². The topological polar surface area (TPSA) is 120 Å². The van der Waals surface area contributed by atoms with Gasteiger partial charge in [0.1, 0.15) is 18.2 Å². The molecule has 43 heavy (non-hydrogen) atoms. The van der Waals surface area contributed by atoms with E-state index >= 15 is 0 Å². The predicted molar refractivity (Wildman–Crippen MR) is 165 cm³/mol. The van der Waals surface area contributed by atoms with Crippen LogP contribution in [0.5, 0.6) is 5.75 Å². The van der Waals surface area contributed by atoms with Gasteiger partial charge in [-0.15, -0.1) is 0 Å². The first-order chi connectivity index (χ1) is 20.9. The quantitative estimate of drug-likeness (QED) is 0.282. The van der Waals surface area contributed by atoms with Crippen molar-refractivity contribution in [2.24, 2.45) is 0 Å². The molecule has 0 radical (unpaired) electrons. The molecule has 3 N–H and O–H groups in total. The van der Waals surface area contributed by atoms with Crippen LogP contribution in [0.25, 0.3) is 32.2 Å². The predicted octanol–water partition coefficient (Wildman–Crippen LogP) is 4.53. The maximum Gasteiger partial charge on any atom is 0.350 e. The zero-order valence-electron chi connectivity index (χ0n) is 22.9. The number of anilines is 2. The Morgan fingerprint density at radius 3 is 2.81 bits per heavy atom. The van der Waals surface area contributed by atoms with Crippen molar-refractivity contribution in [1.29, 1.82) is 0 Å². The summed E-state index contributed by atoms with van der Waals surface area (Å²) < 4.78 is 29.2. The number of hydrogen-bond donors (Lipinski definition) is 2. The largest absolute Gasteiger partial charge is 0.488 e. The van der Waals surface area contributed by atoms with Crippen molar-refractivity contribution in [1.82, 2.24) is 24.8 Å². The molecule has 0 aliphatic carbocycles. The number of ether oxygens (including phenoxy) is 2. The Hall–Kier alpha value is -3.84. The Morgan fingerprint density at radius 1 is 1.19 bits per heavy atom. The molecular weight excluding hydrogens is 593 g/mol. The first-order valence-electron chi connectivity index (χ1n) is 14.2. The fourth-order valence-electron chi connectivity index (χ4n) is 6.62. The van der Waals surface area contributed by atoms with Crippen LogP contribution in [0, 0.1) is 5.82 Å². The highest BCUT2D eigenvalue weighted by molar-refractivity contribution is 7.22. The highest BCUT2D eigenvalue weighted by Gasteiger charge is 2.36. The summed E-state index contributed by atoms with van der Waals surface area (Å²) in [6.45, 7) is 2.14. The van der Waals surface area contributed by atoms with Crippen LogP contribution in [-0.4, -0.2) is 57.9 Å². The molecule has 0 spiro atoms. The molecule has 0 saturated carbocycles. The van der Waals surface area contributed by atoms with Gasteiger partial charge in [0.25, 0.3) is 0 Å². The number of nitrogen functional groups attached to an aromatic ring is 1. The van der Waals surface area contributed by atoms with Gasteiger partial charge in [0.05, 0.1) is 45.7 Å². The summed E-state index contributed by atoms with van der Waals surface area (Å²) in [5.41, 5.74) is 8.47. The van der Waals surface area contributed by atoms with Crippen LogP contribution >= 0.6 is 22.9 Å². The van der Waals surface area contributed by atoms with Gasteiger partial charge in [-0.05, 0) is 43.2 Å². The molecule has 8 rings (SSSR count). The minimum atomic E-state index is -0.441. The maximum atomic E-state index is 14.7.